The van der Waals surface area contributed by atoms with E-state index in [1.165, 1.54) is 32.1 Å². The van der Waals surface area contributed by atoms with E-state index in [0.717, 1.165) is 49.2 Å². The molecule has 0 N–H and O–H groups in total. The van der Waals surface area contributed by atoms with E-state index in [-0.39, 0.29) is 5.91 Å². The van der Waals surface area contributed by atoms with Crippen molar-refractivity contribution in [1.29, 1.82) is 0 Å². The Balaban J connectivity index is 1.34. The van der Waals surface area contributed by atoms with Gasteiger partial charge in [0.2, 0.25) is 0 Å². The van der Waals surface area contributed by atoms with Crippen LogP contribution in [-0.4, -0.2) is 47.7 Å². The Hall–Kier alpha value is -1.68. The Bertz CT molecular complexity index is 613. The summed E-state index contributed by atoms with van der Waals surface area (Å²) < 4.78 is 0. The molecule has 1 aromatic carbocycles. The number of likely N-dealkylation sites (tertiary alicyclic amines) is 1. The third-order valence-corrected chi connectivity index (χ3v) is 5.93. The maximum atomic E-state index is 12.6. The highest BCUT2D eigenvalue weighted by Gasteiger charge is 2.32. The maximum Gasteiger partial charge on any atom is 0.256 e. The number of amides is 1. The van der Waals surface area contributed by atoms with Gasteiger partial charge >= 0.3 is 0 Å². The highest BCUT2D eigenvalue weighted by atomic mass is 16.2. The molecule has 2 fully saturated rings. The molecule has 1 saturated heterocycles. The van der Waals surface area contributed by atoms with Crippen LogP contribution in [0.25, 0.3) is 0 Å². The summed E-state index contributed by atoms with van der Waals surface area (Å²) >= 11 is 0. The number of hydrazone groups is 1. The van der Waals surface area contributed by atoms with E-state index in [4.69, 9.17) is 0 Å². The minimum Gasteiger partial charge on any atom is -0.294 e. The van der Waals surface area contributed by atoms with Crippen LogP contribution < -0.4 is 0 Å². The molecule has 4 nitrogen and oxygen atoms in total. The molecule has 0 bridgehead atoms. The third kappa shape index (κ3) is 3.39. The highest BCUT2D eigenvalue weighted by Crippen LogP contribution is 2.35. The van der Waals surface area contributed by atoms with Crippen LogP contribution in [0.15, 0.2) is 35.4 Å². The molecular weight excluding hydrogens is 298 g/mol. The molecule has 1 amide bonds. The van der Waals surface area contributed by atoms with Crippen molar-refractivity contribution in [2.75, 3.05) is 26.2 Å². The molecule has 0 aromatic heterocycles. The van der Waals surface area contributed by atoms with Crippen LogP contribution in [0.4, 0.5) is 0 Å². The van der Waals surface area contributed by atoms with Crippen LogP contribution in [0.5, 0.6) is 0 Å². The summed E-state index contributed by atoms with van der Waals surface area (Å²) in [5.41, 5.74) is 2.17. The van der Waals surface area contributed by atoms with Gasteiger partial charge in [-0.15, -0.1) is 0 Å². The van der Waals surface area contributed by atoms with Crippen LogP contribution in [0, 0.1) is 11.8 Å². The Kier molecular flexibility index (Phi) is 4.65. The van der Waals surface area contributed by atoms with E-state index < -0.39 is 0 Å². The van der Waals surface area contributed by atoms with Gasteiger partial charge in [0.25, 0.3) is 5.91 Å². The second kappa shape index (κ2) is 7.06. The molecule has 24 heavy (non-hydrogen) atoms. The smallest absolute Gasteiger partial charge is 0.256 e. The number of hydrogen-bond acceptors (Lipinski definition) is 3. The maximum absolute atomic E-state index is 12.6. The van der Waals surface area contributed by atoms with Crippen molar-refractivity contribution in [2.45, 2.75) is 38.5 Å². The number of rotatable bonds is 3. The fourth-order valence-corrected chi connectivity index (χ4v) is 4.56. The molecule has 2 atom stereocenters. The minimum atomic E-state index is 0.162. The van der Waals surface area contributed by atoms with Gasteiger partial charge in [-0.1, -0.05) is 49.6 Å². The third-order valence-electron chi connectivity index (χ3n) is 5.93. The van der Waals surface area contributed by atoms with Crippen molar-refractivity contribution < 1.29 is 4.79 Å². The monoisotopic (exact) mass is 325 g/mol. The first-order valence-corrected chi connectivity index (χ1v) is 9.45. The summed E-state index contributed by atoms with van der Waals surface area (Å²) in [6, 6.07) is 10.2. The lowest BCUT2D eigenvalue weighted by Gasteiger charge is -2.41. The van der Waals surface area contributed by atoms with E-state index in [1.54, 1.807) is 5.01 Å². The number of hydrogen-bond donors (Lipinski definition) is 0. The topological polar surface area (TPSA) is 35.9 Å². The number of carbonyl (C=O) groups excluding carboxylic acids is 1. The average Bonchev–Trinajstić information content (AvgIpc) is 3.13. The van der Waals surface area contributed by atoms with Gasteiger partial charge in [-0.05, 0) is 36.8 Å². The van der Waals surface area contributed by atoms with Gasteiger partial charge in [0.05, 0.1) is 18.8 Å². The minimum absolute atomic E-state index is 0.162. The van der Waals surface area contributed by atoms with Crippen LogP contribution in [0.3, 0.4) is 0 Å². The molecule has 2 heterocycles. The SMILES string of the molecule is O=C(CN1CC[C@H]2CCCC[C@H]2C1)N1CCC(c2ccccc2)=N1. The quantitative estimate of drug-likeness (QED) is 0.856. The number of piperidine rings is 1. The molecule has 0 unspecified atom stereocenters. The van der Waals surface area contributed by atoms with Gasteiger partial charge in [-0.3, -0.25) is 9.69 Å². The summed E-state index contributed by atoms with van der Waals surface area (Å²) in [4.78, 5) is 15.0. The zero-order chi connectivity index (χ0) is 16.4. The van der Waals surface area contributed by atoms with Gasteiger partial charge < -0.3 is 0 Å². The summed E-state index contributed by atoms with van der Waals surface area (Å²) in [6.07, 6.45) is 7.68. The summed E-state index contributed by atoms with van der Waals surface area (Å²) in [5.74, 6) is 1.90. The molecule has 0 spiro atoms. The van der Waals surface area contributed by atoms with Crippen molar-refractivity contribution in [2.24, 2.45) is 16.9 Å². The van der Waals surface area contributed by atoms with E-state index in [9.17, 15) is 4.79 Å². The summed E-state index contributed by atoms with van der Waals surface area (Å²) in [5, 5.41) is 6.27. The molecule has 4 heteroatoms. The fourth-order valence-electron chi connectivity index (χ4n) is 4.56. The summed E-state index contributed by atoms with van der Waals surface area (Å²) in [6.45, 7) is 3.45. The van der Waals surface area contributed by atoms with E-state index in [0.29, 0.717) is 6.54 Å². The van der Waals surface area contributed by atoms with Crippen LogP contribution in [0.2, 0.25) is 0 Å². The van der Waals surface area contributed by atoms with E-state index in [2.05, 4.69) is 22.1 Å². The van der Waals surface area contributed by atoms with Crippen molar-refractivity contribution in [3.8, 4) is 0 Å². The zero-order valence-corrected chi connectivity index (χ0v) is 14.4. The van der Waals surface area contributed by atoms with Gasteiger partial charge in [-0.25, -0.2) is 5.01 Å². The predicted octanol–water partition coefficient (Wildman–Crippen LogP) is 3.14. The fraction of sp³-hybridized carbons (Fsp3) is 0.600. The van der Waals surface area contributed by atoms with Gasteiger partial charge in [0.15, 0.2) is 0 Å². The lowest BCUT2D eigenvalue weighted by Crippen LogP contribution is -2.46. The number of nitrogens with zero attached hydrogens (tertiary/aromatic N) is 3. The second-order valence-electron chi connectivity index (χ2n) is 7.51. The highest BCUT2D eigenvalue weighted by molar-refractivity contribution is 6.02. The Morgan fingerprint density at radius 2 is 1.83 bits per heavy atom. The van der Waals surface area contributed by atoms with Crippen molar-refractivity contribution in [3.05, 3.63) is 35.9 Å². The van der Waals surface area contributed by atoms with Gasteiger partial charge in [-0.2, -0.15) is 5.10 Å². The van der Waals surface area contributed by atoms with Gasteiger partial charge in [0, 0.05) is 13.0 Å². The van der Waals surface area contributed by atoms with Crippen LogP contribution >= 0.6 is 0 Å². The molecule has 0 radical (unpaired) electrons. The number of benzene rings is 1. The van der Waals surface area contributed by atoms with Crippen LogP contribution in [0.1, 0.15) is 44.1 Å². The Morgan fingerprint density at radius 3 is 2.67 bits per heavy atom. The molecule has 3 aliphatic rings. The first kappa shape index (κ1) is 15.8. The van der Waals surface area contributed by atoms with Gasteiger partial charge in [0.1, 0.15) is 0 Å². The molecule has 1 aliphatic carbocycles. The molecular formula is C20H27N3O. The molecule has 128 valence electrons. The Morgan fingerprint density at radius 1 is 1.04 bits per heavy atom. The van der Waals surface area contributed by atoms with Crippen LogP contribution in [-0.2, 0) is 4.79 Å². The zero-order valence-electron chi connectivity index (χ0n) is 14.4. The number of fused-ring (bicyclic) bond motifs is 1. The molecule has 1 aromatic rings. The van der Waals surface area contributed by atoms with E-state index in [1.807, 2.05) is 18.2 Å². The largest absolute Gasteiger partial charge is 0.294 e. The Labute approximate surface area is 144 Å². The lowest BCUT2D eigenvalue weighted by molar-refractivity contribution is -0.132. The first-order valence-electron chi connectivity index (χ1n) is 9.45. The van der Waals surface area contributed by atoms with Crippen molar-refractivity contribution in [1.82, 2.24) is 9.91 Å². The molecule has 4 rings (SSSR count). The first-order chi connectivity index (χ1) is 11.8. The molecule has 1 saturated carbocycles. The summed E-state index contributed by atoms with van der Waals surface area (Å²) in [7, 11) is 0. The second-order valence-corrected chi connectivity index (χ2v) is 7.51. The normalized spacial score (nSPS) is 27.7. The van der Waals surface area contributed by atoms with E-state index >= 15 is 0 Å². The standard InChI is InChI=1S/C20H27N3O/c24-20(15-22-12-10-16-6-4-5-9-18(16)14-22)23-13-11-19(21-23)17-7-2-1-3-8-17/h1-3,7-8,16,18H,4-6,9-15H2/t16-,18+/m1/s1. The van der Waals surface area contributed by atoms with Crippen molar-refractivity contribution in [3.63, 3.8) is 0 Å². The average molecular weight is 325 g/mol. The van der Waals surface area contributed by atoms with Crippen molar-refractivity contribution >= 4 is 11.6 Å². The lowest BCUT2D eigenvalue weighted by atomic mass is 9.75. The number of carbonyl (C=O) groups is 1. The molecule has 2 aliphatic heterocycles. The predicted molar refractivity (Wildman–Crippen MR) is 95.8 cm³/mol.